The van der Waals surface area contributed by atoms with Gasteiger partial charge in [-0.25, -0.2) is 0 Å². The SMILES string of the molecule is CC(=O)Nc1cccc(C(C)NC(=O)C=Cc2ccccc2[N+](=O)[O-])c1. The van der Waals surface area contributed by atoms with E-state index in [0.29, 0.717) is 11.3 Å². The molecule has 2 amide bonds. The maximum atomic E-state index is 12.1. The van der Waals surface area contributed by atoms with Crippen LogP contribution in [0, 0.1) is 10.1 Å². The fourth-order valence-electron chi connectivity index (χ4n) is 2.39. The van der Waals surface area contributed by atoms with Gasteiger partial charge in [0.15, 0.2) is 0 Å². The first kappa shape index (κ1) is 18.9. The van der Waals surface area contributed by atoms with Crippen molar-refractivity contribution in [3.05, 3.63) is 75.8 Å². The molecule has 0 heterocycles. The Kier molecular flexibility index (Phi) is 6.21. The predicted molar refractivity (Wildman–Crippen MR) is 99.4 cm³/mol. The molecule has 0 aliphatic heterocycles. The fourth-order valence-corrected chi connectivity index (χ4v) is 2.39. The summed E-state index contributed by atoms with van der Waals surface area (Å²) in [5.74, 6) is -0.549. The molecule has 2 N–H and O–H groups in total. The summed E-state index contributed by atoms with van der Waals surface area (Å²) in [4.78, 5) is 33.7. The van der Waals surface area contributed by atoms with E-state index in [9.17, 15) is 19.7 Å². The summed E-state index contributed by atoms with van der Waals surface area (Å²) in [6.45, 7) is 3.23. The molecule has 0 aliphatic carbocycles. The Balaban J connectivity index is 2.06. The molecule has 0 aromatic heterocycles. The summed E-state index contributed by atoms with van der Waals surface area (Å²) in [5, 5.41) is 16.5. The molecule has 1 atom stereocenters. The van der Waals surface area contributed by atoms with Gasteiger partial charge in [-0.15, -0.1) is 0 Å². The van der Waals surface area contributed by atoms with Crippen molar-refractivity contribution >= 4 is 29.3 Å². The summed E-state index contributed by atoms with van der Waals surface area (Å²) in [6, 6.07) is 13.0. The number of benzene rings is 2. The number of nitro benzene ring substituents is 1. The zero-order valence-electron chi connectivity index (χ0n) is 14.4. The number of para-hydroxylation sites is 1. The summed E-state index contributed by atoms with van der Waals surface area (Å²) < 4.78 is 0. The molecule has 2 rings (SSSR count). The molecule has 7 nitrogen and oxygen atoms in total. The maximum Gasteiger partial charge on any atom is 0.276 e. The van der Waals surface area contributed by atoms with Gasteiger partial charge < -0.3 is 10.6 Å². The smallest absolute Gasteiger partial charge is 0.276 e. The van der Waals surface area contributed by atoms with E-state index >= 15 is 0 Å². The summed E-state index contributed by atoms with van der Waals surface area (Å²) in [6.07, 6.45) is 2.67. The van der Waals surface area contributed by atoms with Gasteiger partial charge >= 0.3 is 0 Å². The van der Waals surface area contributed by atoms with E-state index in [-0.39, 0.29) is 23.5 Å². The van der Waals surface area contributed by atoms with Gasteiger partial charge in [0.2, 0.25) is 11.8 Å². The quantitative estimate of drug-likeness (QED) is 0.472. The number of carbonyl (C=O) groups is 2. The van der Waals surface area contributed by atoms with Crippen molar-refractivity contribution in [2.24, 2.45) is 0 Å². The molecular formula is C19H19N3O4. The van der Waals surface area contributed by atoms with Gasteiger partial charge in [0.05, 0.1) is 16.5 Å². The van der Waals surface area contributed by atoms with E-state index in [1.54, 1.807) is 36.4 Å². The lowest BCUT2D eigenvalue weighted by molar-refractivity contribution is -0.385. The topological polar surface area (TPSA) is 101 Å². The number of hydrogen-bond donors (Lipinski definition) is 2. The normalized spacial score (nSPS) is 11.8. The zero-order valence-corrected chi connectivity index (χ0v) is 14.4. The second-order valence-corrected chi connectivity index (χ2v) is 5.69. The van der Waals surface area contributed by atoms with Crippen molar-refractivity contribution in [3.8, 4) is 0 Å². The number of rotatable bonds is 6. The van der Waals surface area contributed by atoms with Gasteiger partial charge in [-0.2, -0.15) is 0 Å². The molecule has 0 aliphatic rings. The van der Waals surface area contributed by atoms with E-state index in [4.69, 9.17) is 0 Å². The molecule has 0 saturated heterocycles. The third-order valence-corrected chi connectivity index (χ3v) is 3.61. The first-order chi connectivity index (χ1) is 12.4. The minimum absolute atomic E-state index is 0.0624. The van der Waals surface area contributed by atoms with Crippen molar-refractivity contribution in [2.45, 2.75) is 19.9 Å². The zero-order chi connectivity index (χ0) is 19.1. The summed E-state index contributed by atoms with van der Waals surface area (Å²) in [7, 11) is 0. The van der Waals surface area contributed by atoms with Crippen LogP contribution in [0.5, 0.6) is 0 Å². The van der Waals surface area contributed by atoms with E-state index < -0.39 is 4.92 Å². The first-order valence-electron chi connectivity index (χ1n) is 7.96. The van der Waals surface area contributed by atoms with Crippen molar-refractivity contribution in [1.82, 2.24) is 5.32 Å². The van der Waals surface area contributed by atoms with Crippen LogP contribution in [-0.2, 0) is 9.59 Å². The number of amides is 2. The van der Waals surface area contributed by atoms with Gasteiger partial charge in [0.25, 0.3) is 5.69 Å². The lowest BCUT2D eigenvalue weighted by Gasteiger charge is -2.14. The van der Waals surface area contributed by atoms with Gasteiger partial charge in [0, 0.05) is 24.8 Å². The van der Waals surface area contributed by atoms with Crippen LogP contribution in [0.25, 0.3) is 6.08 Å². The minimum Gasteiger partial charge on any atom is -0.346 e. The Hall–Kier alpha value is -3.48. The maximum absolute atomic E-state index is 12.1. The highest BCUT2D eigenvalue weighted by Gasteiger charge is 2.11. The van der Waals surface area contributed by atoms with E-state index in [1.165, 1.54) is 25.1 Å². The Morgan fingerprint density at radius 3 is 2.58 bits per heavy atom. The van der Waals surface area contributed by atoms with Crippen LogP contribution in [0.2, 0.25) is 0 Å². The number of nitrogens with zero attached hydrogens (tertiary/aromatic N) is 1. The number of hydrogen-bond acceptors (Lipinski definition) is 4. The van der Waals surface area contributed by atoms with Crippen LogP contribution in [0.3, 0.4) is 0 Å². The van der Waals surface area contributed by atoms with E-state index in [0.717, 1.165) is 5.56 Å². The van der Waals surface area contributed by atoms with Crippen LogP contribution in [0.15, 0.2) is 54.6 Å². The molecule has 7 heteroatoms. The van der Waals surface area contributed by atoms with Gasteiger partial charge in [0.1, 0.15) is 0 Å². The van der Waals surface area contributed by atoms with Crippen LogP contribution in [-0.4, -0.2) is 16.7 Å². The Morgan fingerprint density at radius 1 is 1.15 bits per heavy atom. The Morgan fingerprint density at radius 2 is 1.88 bits per heavy atom. The predicted octanol–water partition coefficient (Wildman–Crippen LogP) is 3.44. The number of nitro groups is 1. The van der Waals surface area contributed by atoms with Crippen molar-refractivity contribution in [3.63, 3.8) is 0 Å². The largest absolute Gasteiger partial charge is 0.346 e. The van der Waals surface area contributed by atoms with Crippen LogP contribution < -0.4 is 10.6 Å². The second-order valence-electron chi connectivity index (χ2n) is 5.69. The molecule has 0 saturated carbocycles. The van der Waals surface area contributed by atoms with Gasteiger partial charge in [-0.1, -0.05) is 24.3 Å². The third-order valence-electron chi connectivity index (χ3n) is 3.61. The number of anilines is 1. The number of carbonyl (C=O) groups excluding carboxylic acids is 2. The highest BCUT2D eigenvalue weighted by Crippen LogP contribution is 2.20. The lowest BCUT2D eigenvalue weighted by Crippen LogP contribution is -2.24. The molecule has 2 aromatic rings. The van der Waals surface area contributed by atoms with Gasteiger partial charge in [-0.05, 0) is 36.8 Å². The first-order valence-corrected chi connectivity index (χ1v) is 7.96. The summed E-state index contributed by atoms with van der Waals surface area (Å²) in [5.41, 5.74) is 1.76. The van der Waals surface area contributed by atoms with Gasteiger partial charge in [-0.3, -0.25) is 19.7 Å². The molecule has 26 heavy (non-hydrogen) atoms. The number of nitrogens with one attached hydrogen (secondary N) is 2. The molecular weight excluding hydrogens is 334 g/mol. The standard InChI is InChI=1S/C19H19N3O4/c1-13(16-7-5-8-17(12-16)21-14(2)23)20-19(24)11-10-15-6-3-4-9-18(15)22(25)26/h3-13H,1-2H3,(H,20,24)(H,21,23). The molecule has 0 spiro atoms. The molecule has 0 fully saturated rings. The molecule has 2 aromatic carbocycles. The van der Waals surface area contributed by atoms with E-state index in [1.807, 2.05) is 13.0 Å². The highest BCUT2D eigenvalue weighted by atomic mass is 16.6. The fraction of sp³-hybridized carbons (Fsp3) is 0.158. The van der Waals surface area contributed by atoms with Crippen LogP contribution in [0.1, 0.15) is 31.0 Å². The molecule has 1 unspecified atom stereocenters. The summed E-state index contributed by atoms with van der Waals surface area (Å²) >= 11 is 0. The van der Waals surface area contributed by atoms with E-state index in [2.05, 4.69) is 10.6 Å². The van der Waals surface area contributed by atoms with Crippen molar-refractivity contribution in [2.75, 3.05) is 5.32 Å². The lowest BCUT2D eigenvalue weighted by atomic mass is 10.1. The second kappa shape index (κ2) is 8.57. The Bertz CT molecular complexity index is 861. The van der Waals surface area contributed by atoms with Crippen LogP contribution in [0.4, 0.5) is 11.4 Å². The van der Waals surface area contributed by atoms with Crippen molar-refractivity contribution < 1.29 is 14.5 Å². The minimum atomic E-state index is -0.492. The third kappa shape index (κ3) is 5.27. The molecule has 0 radical (unpaired) electrons. The monoisotopic (exact) mass is 353 g/mol. The molecule has 0 bridgehead atoms. The molecule has 134 valence electrons. The highest BCUT2D eigenvalue weighted by molar-refractivity contribution is 5.92. The van der Waals surface area contributed by atoms with Crippen LogP contribution >= 0.6 is 0 Å². The average Bonchev–Trinajstić information content (AvgIpc) is 2.59. The Labute approximate surface area is 150 Å². The van der Waals surface area contributed by atoms with Crippen molar-refractivity contribution in [1.29, 1.82) is 0 Å². The average molecular weight is 353 g/mol.